The Kier molecular flexibility index (Phi) is 9.74. The van der Waals surface area contributed by atoms with Crippen LogP contribution in [0.1, 0.15) is 28.1 Å². The third-order valence-corrected chi connectivity index (χ3v) is 7.66. The highest BCUT2D eigenvalue weighted by Crippen LogP contribution is 2.23. The molecule has 0 N–H and O–H groups in total. The van der Waals surface area contributed by atoms with Crippen LogP contribution in [0.3, 0.4) is 0 Å². The molecule has 0 spiro atoms. The zero-order valence-electron chi connectivity index (χ0n) is 23.2. The number of anilines is 1. The van der Waals surface area contributed by atoms with E-state index in [1.165, 1.54) is 17.1 Å². The number of benzene rings is 4. The van der Waals surface area contributed by atoms with Crippen LogP contribution in [0.2, 0.25) is 0 Å². The summed E-state index contributed by atoms with van der Waals surface area (Å²) in [6.07, 6.45) is 1.39. The van der Waals surface area contributed by atoms with E-state index < -0.39 is 0 Å². The molecule has 208 valence electrons. The lowest BCUT2D eigenvalue weighted by Gasteiger charge is -2.27. The number of nitrogens with zero attached hydrogens (tertiary/aromatic N) is 4. The highest BCUT2D eigenvalue weighted by Gasteiger charge is 2.21. The van der Waals surface area contributed by atoms with Crippen LogP contribution in [0.5, 0.6) is 5.75 Å². The SMILES string of the molecule is COc1cccc(Cc2nsc(N(CC(=O)N(CCc3ccccc3)Cc3ccccc3)Cc3ccccc3)n2)c1. The van der Waals surface area contributed by atoms with Crippen molar-refractivity contribution >= 4 is 22.6 Å². The van der Waals surface area contributed by atoms with Gasteiger partial charge in [-0.2, -0.15) is 4.37 Å². The first-order chi connectivity index (χ1) is 20.2. The van der Waals surface area contributed by atoms with Gasteiger partial charge in [-0.05, 0) is 40.8 Å². The van der Waals surface area contributed by atoms with Gasteiger partial charge in [0.25, 0.3) is 0 Å². The van der Waals surface area contributed by atoms with Crippen LogP contribution in [0.4, 0.5) is 5.13 Å². The molecule has 0 saturated carbocycles. The smallest absolute Gasteiger partial charge is 0.242 e. The van der Waals surface area contributed by atoms with Gasteiger partial charge in [0.2, 0.25) is 11.0 Å². The van der Waals surface area contributed by atoms with Crippen molar-refractivity contribution in [3.05, 3.63) is 143 Å². The lowest BCUT2D eigenvalue weighted by Crippen LogP contribution is -2.41. The zero-order valence-corrected chi connectivity index (χ0v) is 24.0. The Labute approximate surface area is 246 Å². The van der Waals surface area contributed by atoms with Gasteiger partial charge in [-0.1, -0.05) is 103 Å². The molecule has 6 nitrogen and oxygen atoms in total. The molecule has 5 rings (SSSR count). The first-order valence-electron chi connectivity index (χ1n) is 13.8. The molecule has 41 heavy (non-hydrogen) atoms. The third-order valence-electron chi connectivity index (χ3n) is 6.85. The summed E-state index contributed by atoms with van der Waals surface area (Å²) in [5.41, 5.74) is 4.52. The fraction of sp³-hybridized carbons (Fsp3) is 0.206. The van der Waals surface area contributed by atoms with Gasteiger partial charge in [-0.3, -0.25) is 4.79 Å². The van der Waals surface area contributed by atoms with Crippen LogP contribution in [0.15, 0.2) is 115 Å². The van der Waals surface area contributed by atoms with Crippen molar-refractivity contribution in [1.82, 2.24) is 14.3 Å². The van der Waals surface area contributed by atoms with Crippen LogP contribution in [-0.2, 0) is 30.7 Å². The maximum atomic E-state index is 13.9. The number of hydrogen-bond donors (Lipinski definition) is 0. The van der Waals surface area contributed by atoms with Crippen LogP contribution >= 0.6 is 11.5 Å². The summed E-state index contributed by atoms with van der Waals surface area (Å²) in [4.78, 5) is 22.8. The van der Waals surface area contributed by atoms with Gasteiger partial charge in [-0.15, -0.1) is 0 Å². The first-order valence-corrected chi connectivity index (χ1v) is 14.5. The molecule has 7 heteroatoms. The topological polar surface area (TPSA) is 58.6 Å². The Balaban J connectivity index is 1.36. The summed E-state index contributed by atoms with van der Waals surface area (Å²) in [7, 11) is 1.66. The minimum absolute atomic E-state index is 0.0604. The molecule has 4 aromatic carbocycles. The normalized spacial score (nSPS) is 10.8. The van der Waals surface area contributed by atoms with Gasteiger partial charge in [0.1, 0.15) is 11.6 Å². The van der Waals surface area contributed by atoms with Crippen LogP contribution < -0.4 is 9.64 Å². The molecule has 1 amide bonds. The maximum Gasteiger partial charge on any atom is 0.242 e. The fourth-order valence-electron chi connectivity index (χ4n) is 4.67. The van der Waals surface area contributed by atoms with Crippen LogP contribution in [-0.4, -0.2) is 40.4 Å². The summed E-state index contributed by atoms with van der Waals surface area (Å²) in [5, 5.41) is 0.739. The highest BCUT2D eigenvalue weighted by atomic mass is 32.1. The third kappa shape index (κ3) is 8.25. The van der Waals surface area contributed by atoms with Gasteiger partial charge < -0.3 is 14.5 Å². The maximum absolute atomic E-state index is 13.9. The number of hydrogen-bond acceptors (Lipinski definition) is 6. The predicted octanol–water partition coefficient (Wildman–Crippen LogP) is 6.42. The Morgan fingerprint density at radius 1 is 0.756 bits per heavy atom. The first kappa shape index (κ1) is 28.1. The number of amides is 1. The molecule has 0 bridgehead atoms. The monoisotopic (exact) mass is 562 g/mol. The standard InChI is InChI=1S/C34H34N4O2S/c1-40-31-19-11-18-30(22-31)23-32-35-34(41-36-32)38(25-29-16-9-4-10-17-29)26-33(39)37(24-28-14-7-3-8-15-28)21-20-27-12-5-2-6-13-27/h2-19,22H,20-21,23-26H2,1H3. The van der Waals surface area contributed by atoms with E-state index in [-0.39, 0.29) is 12.5 Å². The summed E-state index contributed by atoms with van der Waals surface area (Å²) in [6.45, 7) is 1.97. The molecule has 0 saturated heterocycles. The second-order valence-electron chi connectivity index (χ2n) is 9.90. The Morgan fingerprint density at radius 3 is 2.02 bits per heavy atom. The van der Waals surface area contributed by atoms with Crippen molar-refractivity contribution in [2.75, 3.05) is 25.1 Å². The van der Waals surface area contributed by atoms with Crippen molar-refractivity contribution < 1.29 is 9.53 Å². The van der Waals surface area contributed by atoms with E-state index in [1.54, 1.807) is 7.11 Å². The van der Waals surface area contributed by atoms with Crippen molar-refractivity contribution in [2.24, 2.45) is 0 Å². The van der Waals surface area contributed by atoms with Gasteiger partial charge in [-0.25, -0.2) is 4.98 Å². The van der Waals surface area contributed by atoms with E-state index in [0.29, 0.717) is 26.1 Å². The fourth-order valence-corrected chi connectivity index (χ4v) is 5.36. The minimum Gasteiger partial charge on any atom is -0.497 e. The second-order valence-corrected chi connectivity index (χ2v) is 10.6. The van der Waals surface area contributed by atoms with E-state index in [2.05, 4.69) is 40.8 Å². The lowest BCUT2D eigenvalue weighted by molar-refractivity contribution is -0.130. The molecular formula is C34H34N4O2S. The average molecular weight is 563 g/mol. The van der Waals surface area contributed by atoms with E-state index in [9.17, 15) is 4.79 Å². The summed E-state index contributed by atoms with van der Waals surface area (Å²) in [5.74, 6) is 1.60. The Bertz CT molecular complexity index is 1510. The molecule has 0 aliphatic carbocycles. The van der Waals surface area contributed by atoms with Gasteiger partial charge in [0, 0.05) is 37.6 Å². The number of ether oxygens (including phenoxy) is 1. The summed E-state index contributed by atoms with van der Waals surface area (Å²) in [6, 6.07) is 38.6. The quantitative estimate of drug-likeness (QED) is 0.166. The van der Waals surface area contributed by atoms with Crippen LogP contribution in [0.25, 0.3) is 0 Å². The van der Waals surface area contributed by atoms with E-state index in [4.69, 9.17) is 9.72 Å². The summed E-state index contributed by atoms with van der Waals surface area (Å²) < 4.78 is 10.0. The summed E-state index contributed by atoms with van der Waals surface area (Å²) >= 11 is 1.34. The van der Waals surface area contributed by atoms with Gasteiger partial charge >= 0.3 is 0 Å². The Hall–Kier alpha value is -4.49. The average Bonchev–Trinajstić information content (AvgIpc) is 3.49. The van der Waals surface area contributed by atoms with Crippen LogP contribution in [0, 0.1) is 0 Å². The van der Waals surface area contributed by atoms with Crippen molar-refractivity contribution in [3.63, 3.8) is 0 Å². The molecule has 0 aliphatic heterocycles. The molecule has 0 fully saturated rings. The number of rotatable bonds is 13. The minimum atomic E-state index is 0.0604. The highest BCUT2D eigenvalue weighted by molar-refractivity contribution is 7.09. The lowest BCUT2D eigenvalue weighted by atomic mass is 10.1. The molecule has 0 atom stereocenters. The predicted molar refractivity (Wildman–Crippen MR) is 165 cm³/mol. The number of methoxy groups -OCH3 is 1. The van der Waals surface area contributed by atoms with Crippen molar-refractivity contribution in [3.8, 4) is 5.75 Å². The Morgan fingerprint density at radius 2 is 1.37 bits per heavy atom. The zero-order chi connectivity index (χ0) is 28.3. The molecule has 1 aromatic heterocycles. The van der Waals surface area contributed by atoms with E-state index in [0.717, 1.165) is 39.8 Å². The van der Waals surface area contributed by atoms with E-state index >= 15 is 0 Å². The largest absolute Gasteiger partial charge is 0.497 e. The molecule has 0 radical (unpaired) electrons. The van der Waals surface area contributed by atoms with Crippen molar-refractivity contribution in [1.29, 1.82) is 0 Å². The second kappa shape index (κ2) is 14.2. The molecule has 5 aromatic rings. The van der Waals surface area contributed by atoms with Gasteiger partial charge in [0.05, 0.1) is 13.7 Å². The molecule has 1 heterocycles. The number of carbonyl (C=O) groups excluding carboxylic acids is 1. The molecular weight excluding hydrogens is 528 g/mol. The molecule has 0 unspecified atom stereocenters. The molecule has 0 aliphatic rings. The van der Waals surface area contributed by atoms with E-state index in [1.807, 2.05) is 88.7 Å². The van der Waals surface area contributed by atoms with Gasteiger partial charge in [0.15, 0.2) is 0 Å². The number of aromatic nitrogens is 2. The number of carbonyl (C=O) groups is 1. The van der Waals surface area contributed by atoms with Crippen molar-refractivity contribution in [2.45, 2.75) is 25.9 Å².